The van der Waals surface area contributed by atoms with E-state index in [1.165, 1.54) is 0 Å². The number of alkyl halides is 1. The lowest BCUT2D eigenvalue weighted by Crippen LogP contribution is -2.43. The van der Waals surface area contributed by atoms with Gasteiger partial charge < -0.3 is 15.1 Å². The van der Waals surface area contributed by atoms with Crippen LogP contribution < -0.4 is 15.1 Å². The van der Waals surface area contributed by atoms with E-state index in [1.54, 1.807) is 17.5 Å². The van der Waals surface area contributed by atoms with Crippen LogP contribution in [-0.4, -0.2) is 60.4 Å². The number of nitrogens with zero attached hydrogens (tertiary/aromatic N) is 5. The van der Waals surface area contributed by atoms with Gasteiger partial charge in [0.05, 0.1) is 22.0 Å². The van der Waals surface area contributed by atoms with Crippen molar-refractivity contribution in [3.8, 4) is 10.4 Å². The van der Waals surface area contributed by atoms with E-state index in [-0.39, 0.29) is 0 Å². The Morgan fingerprint density at radius 2 is 1.96 bits per heavy atom. The predicted octanol–water partition coefficient (Wildman–Crippen LogP) is 3.36. The first-order valence-electron chi connectivity index (χ1n) is 9.45. The van der Waals surface area contributed by atoms with Crippen molar-refractivity contribution in [2.45, 2.75) is 12.6 Å². The summed E-state index contributed by atoms with van der Waals surface area (Å²) in [6, 6.07) is 3.84. The Kier molecular flexibility index (Phi) is 4.78. The smallest absolute Gasteiger partial charge is 0.185 e. The number of hydrogen-bond donors (Lipinski definition) is 1. The van der Waals surface area contributed by atoms with Gasteiger partial charge in [0, 0.05) is 50.7 Å². The maximum atomic E-state index is 13.6. The Morgan fingerprint density at radius 1 is 1.11 bits per heavy atom. The molecular weight excluding hydrogens is 399 g/mol. The Hall–Kier alpha value is -2.03. The summed E-state index contributed by atoms with van der Waals surface area (Å²) in [5, 5.41) is 4.90. The van der Waals surface area contributed by atoms with E-state index in [0.29, 0.717) is 24.5 Å². The number of thiazole rings is 1. The van der Waals surface area contributed by atoms with E-state index in [9.17, 15) is 4.39 Å². The summed E-state index contributed by atoms with van der Waals surface area (Å²) in [4.78, 5) is 19.1. The van der Waals surface area contributed by atoms with Crippen LogP contribution in [0.3, 0.4) is 0 Å². The van der Waals surface area contributed by atoms with E-state index in [2.05, 4.69) is 20.2 Å². The molecule has 0 saturated carbocycles. The minimum absolute atomic E-state index is 0.384. The van der Waals surface area contributed by atoms with Crippen LogP contribution in [-0.2, 0) is 0 Å². The van der Waals surface area contributed by atoms with Gasteiger partial charge in [-0.25, -0.2) is 14.4 Å². The minimum atomic E-state index is -0.794. The Labute approximate surface area is 171 Å². The molecule has 0 spiro atoms. The molecule has 28 heavy (non-hydrogen) atoms. The second-order valence-electron chi connectivity index (χ2n) is 7.09. The average Bonchev–Trinajstić information content (AvgIpc) is 3.37. The van der Waals surface area contributed by atoms with Crippen molar-refractivity contribution >= 4 is 44.9 Å². The molecule has 3 aromatic rings. The number of rotatable bonds is 3. The van der Waals surface area contributed by atoms with Crippen LogP contribution in [0, 0.1) is 0 Å². The summed E-state index contributed by atoms with van der Waals surface area (Å²) in [5.41, 5.74) is 2.36. The fourth-order valence-electron chi connectivity index (χ4n) is 3.75. The van der Waals surface area contributed by atoms with Crippen LogP contribution in [0.5, 0.6) is 0 Å². The van der Waals surface area contributed by atoms with Gasteiger partial charge in [0.15, 0.2) is 5.13 Å². The molecule has 2 aliphatic rings. The van der Waals surface area contributed by atoms with Crippen LogP contribution >= 0.6 is 22.9 Å². The first-order valence-corrected chi connectivity index (χ1v) is 10.6. The molecule has 1 atom stereocenters. The molecule has 0 bridgehead atoms. The molecule has 2 saturated heterocycles. The number of pyridine rings is 2. The standard InChI is InChI=1S/C19H20ClFN6S/c20-13-9-23-14-1-2-16(27-6-3-12(21)11-27)25-18(14)17(13)15-10-24-19(28-15)26-7-4-22-5-8-26/h1-2,9-10,12,22H,3-8,11H2. The third-order valence-electron chi connectivity index (χ3n) is 5.23. The van der Waals surface area contributed by atoms with Gasteiger partial charge in [0.1, 0.15) is 17.5 Å². The molecule has 0 aliphatic carbocycles. The summed E-state index contributed by atoms with van der Waals surface area (Å²) >= 11 is 8.17. The van der Waals surface area contributed by atoms with Crippen LogP contribution in [0.2, 0.25) is 5.02 Å². The molecule has 146 valence electrons. The lowest BCUT2D eigenvalue weighted by molar-refractivity contribution is 0.364. The molecule has 5 heterocycles. The molecule has 1 unspecified atom stereocenters. The van der Waals surface area contributed by atoms with E-state index < -0.39 is 6.17 Å². The highest BCUT2D eigenvalue weighted by molar-refractivity contribution is 7.19. The summed E-state index contributed by atoms with van der Waals surface area (Å²) in [6.07, 6.45) is 3.28. The number of aromatic nitrogens is 3. The van der Waals surface area contributed by atoms with E-state index in [1.807, 2.05) is 23.2 Å². The monoisotopic (exact) mass is 418 g/mol. The van der Waals surface area contributed by atoms with Gasteiger partial charge in [-0.2, -0.15) is 0 Å². The molecule has 0 aromatic carbocycles. The number of hydrogen-bond acceptors (Lipinski definition) is 7. The zero-order valence-electron chi connectivity index (χ0n) is 15.2. The largest absolute Gasteiger partial charge is 0.354 e. The molecule has 5 rings (SSSR count). The summed E-state index contributed by atoms with van der Waals surface area (Å²) in [7, 11) is 0. The second-order valence-corrected chi connectivity index (χ2v) is 8.51. The highest BCUT2D eigenvalue weighted by Gasteiger charge is 2.24. The van der Waals surface area contributed by atoms with Gasteiger partial charge in [-0.3, -0.25) is 4.98 Å². The van der Waals surface area contributed by atoms with E-state index in [0.717, 1.165) is 58.6 Å². The van der Waals surface area contributed by atoms with Crippen molar-refractivity contribution in [2.75, 3.05) is 49.1 Å². The number of halogens is 2. The van der Waals surface area contributed by atoms with Crippen molar-refractivity contribution in [1.29, 1.82) is 0 Å². The van der Waals surface area contributed by atoms with Crippen LogP contribution in [0.4, 0.5) is 15.3 Å². The molecule has 3 aromatic heterocycles. The van der Waals surface area contributed by atoms with Gasteiger partial charge in [-0.1, -0.05) is 22.9 Å². The highest BCUT2D eigenvalue weighted by Crippen LogP contribution is 2.39. The van der Waals surface area contributed by atoms with Crippen LogP contribution in [0.25, 0.3) is 21.5 Å². The predicted molar refractivity (Wildman–Crippen MR) is 112 cm³/mol. The summed E-state index contributed by atoms with van der Waals surface area (Å²) in [6.45, 7) is 4.87. The van der Waals surface area contributed by atoms with Gasteiger partial charge in [-0.15, -0.1) is 0 Å². The number of fused-ring (bicyclic) bond motifs is 1. The van der Waals surface area contributed by atoms with E-state index >= 15 is 0 Å². The summed E-state index contributed by atoms with van der Waals surface area (Å²) < 4.78 is 13.6. The average molecular weight is 419 g/mol. The maximum Gasteiger partial charge on any atom is 0.185 e. The fraction of sp³-hybridized carbons (Fsp3) is 0.421. The molecule has 0 radical (unpaired) electrons. The zero-order valence-corrected chi connectivity index (χ0v) is 16.8. The van der Waals surface area contributed by atoms with Gasteiger partial charge in [-0.05, 0) is 18.6 Å². The molecule has 2 aliphatic heterocycles. The lowest BCUT2D eigenvalue weighted by Gasteiger charge is -2.26. The quantitative estimate of drug-likeness (QED) is 0.703. The third kappa shape index (κ3) is 3.29. The topological polar surface area (TPSA) is 57.2 Å². The third-order valence-corrected chi connectivity index (χ3v) is 6.60. The van der Waals surface area contributed by atoms with Gasteiger partial charge >= 0.3 is 0 Å². The van der Waals surface area contributed by atoms with Crippen molar-refractivity contribution in [3.05, 3.63) is 29.5 Å². The molecular formula is C19H20ClFN6S. The van der Waals surface area contributed by atoms with Gasteiger partial charge in [0.25, 0.3) is 0 Å². The molecule has 9 heteroatoms. The number of nitrogens with one attached hydrogen (secondary N) is 1. The summed E-state index contributed by atoms with van der Waals surface area (Å²) in [5.74, 6) is 0.768. The Morgan fingerprint density at radius 3 is 2.75 bits per heavy atom. The van der Waals surface area contributed by atoms with Crippen molar-refractivity contribution < 1.29 is 4.39 Å². The Bertz CT molecular complexity index is 1010. The molecule has 2 fully saturated rings. The zero-order chi connectivity index (χ0) is 19.1. The van der Waals surface area contributed by atoms with E-state index in [4.69, 9.17) is 16.6 Å². The fourth-order valence-corrected chi connectivity index (χ4v) is 5.08. The van der Waals surface area contributed by atoms with Crippen molar-refractivity contribution in [3.63, 3.8) is 0 Å². The lowest BCUT2D eigenvalue weighted by atomic mass is 10.1. The number of piperazine rings is 1. The molecule has 6 nitrogen and oxygen atoms in total. The van der Waals surface area contributed by atoms with Gasteiger partial charge in [0.2, 0.25) is 0 Å². The normalized spacial score (nSPS) is 20.3. The van der Waals surface area contributed by atoms with Crippen molar-refractivity contribution in [1.82, 2.24) is 20.3 Å². The van der Waals surface area contributed by atoms with Crippen LogP contribution in [0.1, 0.15) is 6.42 Å². The second kappa shape index (κ2) is 7.42. The SMILES string of the molecule is FC1CCN(c2ccc3ncc(Cl)c(-c4cnc(N5CCNCC5)s4)c3n2)C1. The minimum Gasteiger partial charge on any atom is -0.354 e. The molecule has 0 amide bonds. The molecule has 1 N–H and O–H groups in total. The maximum absolute atomic E-state index is 13.6. The van der Waals surface area contributed by atoms with Crippen molar-refractivity contribution in [2.24, 2.45) is 0 Å². The van der Waals surface area contributed by atoms with Crippen LogP contribution in [0.15, 0.2) is 24.5 Å². The highest BCUT2D eigenvalue weighted by atomic mass is 35.5. The first-order chi connectivity index (χ1) is 13.7. The first kappa shape index (κ1) is 18.0. The number of anilines is 2. The Balaban J connectivity index is 1.56.